The maximum Gasteiger partial charge on any atom is 0.0912 e. The molecule has 2 aliphatic rings. The van der Waals surface area contributed by atoms with Gasteiger partial charge in [0.2, 0.25) is 0 Å². The van der Waals surface area contributed by atoms with E-state index in [1.54, 1.807) is 6.08 Å². The van der Waals surface area contributed by atoms with Gasteiger partial charge in [0.15, 0.2) is 0 Å². The molecule has 0 aliphatic heterocycles. The summed E-state index contributed by atoms with van der Waals surface area (Å²) in [6, 6.07) is 2.03. The topological polar surface area (TPSA) is 23.8 Å². The maximum absolute atomic E-state index is 8.47. The van der Waals surface area contributed by atoms with Crippen molar-refractivity contribution in [1.29, 1.82) is 5.26 Å². The van der Waals surface area contributed by atoms with Crippen molar-refractivity contribution < 1.29 is 0 Å². The van der Waals surface area contributed by atoms with Crippen molar-refractivity contribution in [3.05, 3.63) is 24.3 Å². The Morgan fingerprint density at radius 1 is 0.741 bits per heavy atom. The first-order valence-corrected chi connectivity index (χ1v) is 12.0. The normalized spacial score (nSPS) is 29.3. The second-order valence-corrected chi connectivity index (χ2v) is 9.26. The van der Waals surface area contributed by atoms with Gasteiger partial charge in [0.05, 0.1) is 6.07 Å². The average Bonchev–Trinajstić information content (AvgIpc) is 2.71. The fourth-order valence-corrected chi connectivity index (χ4v) is 5.54. The van der Waals surface area contributed by atoms with Crippen LogP contribution in [0.15, 0.2) is 24.3 Å². The lowest BCUT2D eigenvalue weighted by molar-refractivity contribution is 0.140. The van der Waals surface area contributed by atoms with Gasteiger partial charge in [-0.25, -0.2) is 0 Å². The summed E-state index contributed by atoms with van der Waals surface area (Å²) in [6.07, 6.45) is 30.9. The molecule has 0 aromatic heterocycles. The van der Waals surface area contributed by atoms with E-state index >= 15 is 0 Å². The first kappa shape index (κ1) is 22.3. The van der Waals surface area contributed by atoms with E-state index in [0.717, 1.165) is 23.7 Å². The number of unbranched alkanes of at least 4 members (excludes halogenated alkanes) is 4. The molecule has 152 valence electrons. The fourth-order valence-electron chi connectivity index (χ4n) is 5.54. The van der Waals surface area contributed by atoms with Crippen LogP contribution in [0.4, 0.5) is 0 Å². The third kappa shape index (κ3) is 9.14. The van der Waals surface area contributed by atoms with Crippen LogP contribution in [0.1, 0.15) is 110 Å². The third-order valence-corrected chi connectivity index (χ3v) is 7.32. The molecule has 0 radical (unpaired) electrons. The van der Waals surface area contributed by atoms with E-state index in [-0.39, 0.29) is 0 Å². The molecule has 1 heteroatoms. The third-order valence-electron chi connectivity index (χ3n) is 7.32. The van der Waals surface area contributed by atoms with Crippen molar-refractivity contribution in [2.24, 2.45) is 23.7 Å². The molecule has 2 fully saturated rings. The van der Waals surface area contributed by atoms with Crippen LogP contribution in [0, 0.1) is 35.0 Å². The molecule has 0 aromatic carbocycles. The lowest BCUT2D eigenvalue weighted by Crippen LogP contribution is -2.25. The minimum absolute atomic E-state index is 0.949. The highest BCUT2D eigenvalue weighted by Gasteiger charge is 2.30. The number of hydrogen-bond donors (Lipinski definition) is 0. The lowest BCUT2D eigenvalue weighted by atomic mass is 9.68. The minimum atomic E-state index is 0.949. The quantitative estimate of drug-likeness (QED) is 0.204. The van der Waals surface area contributed by atoms with E-state index in [2.05, 4.69) is 13.0 Å². The highest BCUT2D eigenvalue weighted by Crippen LogP contribution is 2.43. The molecule has 0 bridgehead atoms. The zero-order valence-electron chi connectivity index (χ0n) is 17.9. The summed E-state index contributed by atoms with van der Waals surface area (Å²) in [7, 11) is 0. The molecule has 2 aliphatic carbocycles. The van der Waals surface area contributed by atoms with Gasteiger partial charge in [0, 0.05) is 6.08 Å². The number of rotatable bonds is 11. The van der Waals surface area contributed by atoms with Crippen LogP contribution in [-0.4, -0.2) is 0 Å². The van der Waals surface area contributed by atoms with Gasteiger partial charge in [-0.15, -0.1) is 0 Å². The highest BCUT2D eigenvalue weighted by atomic mass is 14.4. The Morgan fingerprint density at radius 2 is 1.33 bits per heavy atom. The monoisotopic (exact) mass is 369 g/mol. The molecule has 2 rings (SSSR count). The standard InChI is InChI=1S/C26H43N/c1-2-3-4-6-9-12-23-14-18-25(19-15-23)26-20-16-24(17-21-26)13-10-7-5-8-11-22-27/h5,7-8,11,23-26H,2-4,6,9-10,12-21H2,1H3. The van der Waals surface area contributed by atoms with Gasteiger partial charge < -0.3 is 0 Å². The van der Waals surface area contributed by atoms with Gasteiger partial charge in [-0.3, -0.25) is 0 Å². The van der Waals surface area contributed by atoms with Crippen molar-refractivity contribution in [2.45, 2.75) is 110 Å². The van der Waals surface area contributed by atoms with Gasteiger partial charge in [-0.05, 0) is 62.2 Å². The maximum atomic E-state index is 8.47. The smallest absolute Gasteiger partial charge is 0.0912 e. The van der Waals surface area contributed by atoms with Crippen LogP contribution < -0.4 is 0 Å². The highest BCUT2D eigenvalue weighted by molar-refractivity contribution is 5.11. The summed E-state index contributed by atoms with van der Waals surface area (Å²) >= 11 is 0. The van der Waals surface area contributed by atoms with Crippen molar-refractivity contribution in [2.75, 3.05) is 0 Å². The van der Waals surface area contributed by atoms with Gasteiger partial charge in [-0.2, -0.15) is 5.26 Å². The average molecular weight is 370 g/mol. The minimum Gasteiger partial charge on any atom is -0.193 e. The molecule has 0 heterocycles. The molecule has 0 N–H and O–H groups in total. The molecule has 0 unspecified atom stereocenters. The Balaban J connectivity index is 1.53. The fraction of sp³-hybridized carbons (Fsp3) is 0.808. The van der Waals surface area contributed by atoms with Gasteiger partial charge in [0.25, 0.3) is 0 Å². The SMILES string of the molecule is CCCCCCCC1CCC(C2CCC(CCC=CC=CC#N)CC2)CC1. The van der Waals surface area contributed by atoms with Crippen LogP contribution in [0.3, 0.4) is 0 Å². The largest absolute Gasteiger partial charge is 0.193 e. The van der Waals surface area contributed by atoms with Crippen LogP contribution in [0.2, 0.25) is 0 Å². The first-order valence-electron chi connectivity index (χ1n) is 12.0. The zero-order valence-corrected chi connectivity index (χ0v) is 17.9. The summed E-state index contributed by atoms with van der Waals surface area (Å²) in [5.41, 5.74) is 0. The molecular weight excluding hydrogens is 326 g/mol. The molecule has 0 amide bonds. The van der Waals surface area contributed by atoms with Gasteiger partial charge in [0.1, 0.15) is 0 Å². The summed E-state index contributed by atoms with van der Waals surface area (Å²) in [4.78, 5) is 0. The molecule has 2 saturated carbocycles. The van der Waals surface area contributed by atoms with Crippen LogP contribution in [-0.2, 0) is 0 Å². The van der Waals surface area contributed by atoms with Crippen molar-refractivity contribution in [1.82, 2.24) is 0 Å². The van der Waals surface area contributed by atoms with Crippen molar-refractivity contribution in [3.63, 3.8) is 0 Å². The Kier molecular flexibility index (Phi) is 11.6. The van der Waals surface area contributed by atoms with Gasteiger partial charge >= 0.3 is 0 Å². The molecule has 27 heavy (non-hydrogen) atoms. The summed E-state index contributed by atoms with van der Waals surface area (Å²) in [5, 5.41) is 8.47. The summed E-state index contributed by atoms with van der Waals surface area (Å²) < 4.78 is 0. The number of hydrogen-bond acceptors (Lipinski definition) is 1. The van der Waals surface area contributed by atoms with E-state index in [9.17, 15) is 0 Å². The molecule has 0 spiro atoms. The zero-order chi connectivity index (χ0) is 19.2. The molecule has 0 saturated heterocycles. The Morgan fingerprint density at radius 3 is 1.93 bits per heavy atom. The predicted molar refractivity (Wildman–Crippen MR) is 117 cm³/mol. The number of allylic oxidation sites excluding steroid dienone is 4. The second kappa shape index (κ2) is 14.0. The second-order valence-electron chi connectivity index (χ2n) is 9.26. The number of nitrogens with zero attached hydrogens (tertiary/aromatic N) is 1. The van der Waals surface area contributed by atoms with Crippen molar-refractivity contribution in [3.8, 4) is 6.07 Å². The van der Waals surface area contributed by atoms with Crippen LogP contribution in [0.5, 0.6) is 0 Å². The molecule has 1 nitrogen and oxygen atoms in total. The summed E-state index contributed by atoms with van der Waals surface area (Å²) in [5.74, 6) is 4.10. The van der Waals surface area contributed by atoms with E-state index in [4.69, 9.17) is 5.26 Å². The lowest BCUT2D eigenvalue weighted by Gasteiger charge is -2.38. The Hall–Kier alpha value is -1.03. The Labute approximate surface area is 169 Å². The van der Waals surface area contributed by atoms with E-state index in [0.29, 0.717) is 0 Å². The van der Waals surface area contributed by atoms with E-state index in [1.165, 1.54) is 103 Å². The van der Waals surface area contributed by atoms with Gasteiger partial charge in [-0.1, -0.05) is 89.4 Å². The summed E-state index contributed by atoms with van der Waals surface area (Å²) in [6.45, 7) is 2.31. The van der Waals surface area contributed by atoms with Crippen LogP contribution >= 0.6 is 0 Å². The van der Waals surface area contributed by atoms with E-state index in [1.807, 2.05) is 18.2 Å². The number of nitriles is 1. The predicted octanol–water partition coefficient (Wildman–Crippen LogP) is 8.38. The van der Waals surface area contributed by atoms with E-state index < -0.39 is 0 Å². The van der Waals surface area contributed by atoms with Crippen LogP contribution in [0.25, 0.3) is 0 Å². The molecule has 0 aromatic rings. The molecular formula is C26H43N. The Bertz CT molecular complexity index is 453. The van der Waals surface area contributed by atoms with Crippen molar-refractivity contribution >= 4 is 0 Å². The molecule has 0 atom stereocenters. The first-order chi connectivity index (χ1) is 13.3.